The average Bonchev–Trinajstić information content (AvgIpc) is 2.72. The van der Waals surface area contributed by atoms with Crippen molar-refractivity contribution in [1.29, 1.82) is 0 Å². The van der Waals surface area contributed by atoms with Crippen LogP contribution in [0.1, 0.15) is 24.4 Å². The van der Waals surface area contributed by atoms with Gasteiger partial charge in [-0.2, -0.15) is 0 Å². The first-order chi connectivity index (χ1) is 13.5. The van der Waals surface area contributed by atoms with Gasteiger partial charge in [-0.1, -0.05) is 43.0 Å². The Morgan fingerprint density at radius 2 is 2.00 bits per heavy atom. The van der Waals surface area contributed by atoms with E-state index in [2.05, 4.69) is 17.2 Å². The largest absolute Gasteiger partial charge is 0.350 e. The number of carbonyl (C=O) groups excluding carboxylic acids is 3. The third-order valence-corrected chi connectivity index (χ3v) is 5.16. The van der Waals surface area contributed by atoms with Crippen molar-refractivity contribution in [3.63, 3.8) is 0 Å². The Labute approximate surface area is 164 Å². The van der Waals surface area contributed by atoms with E-state index in [-0.39, 0.29) is 36.2 Å². The molecule has 2 atom stereocenters. The minimum absolute atomic E-state index is 0.0633. The number of hydrogen-bond acceptors (Lipinski definition) is 3. The molecule has 0 spiro atoms. The molecule has 0 bridgehead atoms. The summed E-state index contributed by atoms with van der Waals surface area (Å²) in [5.74, 6) is -0.581. The molecular weight excluding hydrogens is 354 g/mol. The standard InChI is InChI=1S/C22H25N3O3/c1-3-20(26)23-13-19(17-9-8-15-6-4-5-7-16(15)12-17)24-22(28)18-10-11-21(27)25(2)14-18/h3-9,12,18-19H,1,10-11,13-14H2,2H3,(H,23,26)(H,24,28). The molecule has 6 heteroatoms. The number of fused-ring (bicyclic) bond motifs is 1. The fourth-order valence-corrected chi connectivity index (χ4v) is 3.47. The first-order valence-corrected chi connectivity index (χ1v) is 9.41. The lowest BCUT2D eigenvalue weighted by molar-refractivity contribution is -0.137. The zero-order valence-corrected chi connectivity index (χ0v) is 16.0. The highest BCUT2D eigenvalue weighted by atomic mass is 16.2. The lowest BCUT2D eigenvalue weighted by Gasteiger charge is -2.30. The van der Waals surface area contributed by atoms with Gasteiger partial charge < -0.3 is 15.5 Å². The quantitative estimate of drug-likeness (QED) is 0.755. The summed E-state index contributed by atoms with van der Waals surface area (Å²) in [7, 11) is 1.72. The third-order valence-electron chi connectivity index (χ3n) is 5.16. The average molecular weight is 379 g/mol. The molecule has 0 saturated carbocycles. The van der Waals surface area contributed by atoms with Crippen molar-refractivity contribution in [2.45, 2.75) is 18.9 Å². The summed E-state index contributed by atoms with van der Waals surface area (Å²) >= 11 is 0. The van der Waals surface area contributed by atoms with Gasteiger partial charge in [-0.15, -0.1) is 0 Å². The second kappa shape index (κ2) is 8.69. The number of benzene rings is 2. The van der Waals surface area contributed by atoms with E-state index in [0.717, 1.165) is 16.3 Å². The van der Waals surface area contributed by atoms with Crippen LogP contribution in [0, 0.1) is 5.92 Å². The SMILES string of the molecule is C=CC(=O)NCC(NC(=O)C1CCC(=O)N(C)C1)c1ccc2ccccc2c1. The number of nitrogens with one attached hydrogen (secondary N) is 2. The fraction of sp³-hybridized carbons (Fsp3) is 0.318. The van der Waals surface area contributed by atoms with Gasteiger partial charge >= 0.3 is 0 Å². The summed E-state index contributed by atoms with van der Waals surface area (Å²) < 4.78 is 0. The zero-order valence-electron chi connectivity index (χ0n) is 16.0. The first-order valence-electron chi connectivity index (χ1n) is 9.41. The van der Waals surface area contributed by atoms with Crippen molar-refractivity contribution in [3.05, 3.63) is 60.7 Å². The van der Waals surface area contributed by atoms with E-state index in [1.165, 1.54) is 6.08 Å². The van der Waals surface area contributed by atoms with Crippen molar-refractivity contribution in [2.24, 2.45) is 5.92 Å². The highest BCUT2D eigenvalue weighted by Gasteiger charge is 2.29. The molecule has 1 aliphatic rings. The van der Waals surface area contributed by atoms with Crippen molar-refractivity contribution < 1.29 is 14.4 Å². The Hall–Kier alpha value is -3.15. The van der Waals surface area contributed by atoms with Crippen LogP contribution >= 0.6 is 0 Å². The highest BCUT2D eigenvalue weighted by molar-refractivity contribution is 5.87. The molecule has 2 unspecified atom stereocenters. The third kappa shape index (κ3) is 4.57. The van der Waals surface area contributed by atoms with Gasteiger partial charge in [0.2, 0.25) is 17.7 Å². The second-order valence-corrected chi connectivity index (χ2v) is 7.13. The van der Waals surface area contributed by atoms with Gasteiger partial charge in [-0.3, -0.25) is 14.4 Å². The van der Waals surface area contributed by atoms with Gasteiger partial charge in [0.15, 0.2) is 0 Å². The van der Waals surface area contributed by atoms with Crippen LogP contribution in [0.2, 0.25) is 0 Å². The smallest absolute Gasteiger partial charge is 0.243 e. The van der Waals surface area contributed by atoms with E-state index in [0.29, 0.717) is 19.4 Å². The minimum atomic E-state index is -0.371. The molecule has 0 aromatic heterocycles. The number of amides is 3. The van der Waals surface area contributed by atoms with Crippen LogP contribution in [-0.2, 0) is 14.4 Å². The summed E-state index contributed by atoms with van der Waals surface area (Å²) in [5, 5.41) is 8.00. The van der Waals surface area contributed by atoms with E-state index in [4.69, 9.17) is 0 Å². The molecule has 2 aromatic carbocycles. The molecule has 1 fully saturated rings. The maximum absolute atomic E-state index is 12.8. The number of nitrogens with zero attached hydrogens (tertiary/aromatic N) is 1. The maximum atomic E-state index is 12.8. The summed E-state index contributed by atoms with van der Waals surface area (Å²) in [4.78, 5) is 37.7. The van der Waals surface area contributed by atoms with Crippen LogP contribution in [0.15, 0.2) is 55.1 Å². The summed E-state index contributed by atoms with van der Waals surface area (Å²) in [6, 6.07) is 13.6. The predicted molar refractivity (Wildman–Crippen MR) is 108 cm³/mol. The molecule has 1 saturated heterocycles. The van der Waals surface area contributed by atoms with Crippen molar-refractivity contribution in [3.8, 4) is 0 Å². The van der Waals surface area contributed by atoms with E-state index in [1.807, 2.05) is 42.5 Å². The molecule has 146 valence electrons. The number of piperidine rings is 1. The molecule has 0 aliphatic carbocycles. The summed E-state index contributed by atoms with van der Waals surface area (Å²) in [5.41, 5.74) is 0.914. The zero-order chi connectivity index (χ0) is 20.1. The Morgan fingerprint density at radius 3 is 2.71 bits per heavy atom. The molecular formula is C22H25N3O3. The summed E-state index contributed by atoms with van der Waals surface area (Å²) in [6.45, 7) is 4.14. The molecule has 2 aromatic rings. The normalized spacial score (nSPS) is 17.8. The molecule has 2 N–H and O–H groups in total. The Kier molecular flexibility index (Phi) is 6.09. The van der Waals surface area contributed by atoms with Crippen LogP contribution < -0.4 is 10.6 Å². The van der Waals surface area contributed by atoms with E-state index in [1.54, 1.807) is 11.9 Å². The molecule has 28 heavy (non-hydrogen) atoms. The first kappa shape index (κ1) is 19.6. The lowest BCUT2D eigenvalue weighted by atomic mass is 9.95. The van der Waals surface area contributed by atoms with E-state index >= 15 is 0 Å². The Morgan fingerprint density at radius 1 is 1.25 bits per heavy atom. The van der Waals surface area contributed by atoms with Gasteiger partial charge in [0.05, 0.1) is 12.0 Å². The van der Waals surface area contributed by atoms with Crippen molar-refractivity contribution >= 4 is 28.5 Å². The monoisotopic (exact) mass is 379 g/mol. The number of hydrogen-bond donors (Lipinski definition) is 2. The van der Waals surface area contributed by atoms with Crippen LogP contribution in [0.3, 0.4) is 0 Å². The molecule has 0 radical (unpaired) electrons. The van der Waals surface area contributed by atoms with E-state index < -0.39 is 0 Å². The molecule has 3 amide bonds. The van der Waals surface area contributed by atoms with Crippen LogP contribution in [-0.4, -0.2) is 42.8 Å². The minimum Gasteiger partial charge on any atom is -0.350 e. The highest BCUT2D eigenvalue weighted by Crippen LogP contribution is 2.22. The van der Waals surface area contributed by atoms with Gasteiger partial charge in [0, 0.05) is 26.6 Å². The topological polar surface area (TPSA) is 78.5 Å². The number of likely N-dealkylation sites (tertiary alicyclic amines) is 1. The van der Waals surface area contributed by atoms with Crippen LogP contribution in [0.5, 0.6) is 0 Å². The number of carbonyl (C=O) groups is 3. The van der Waals surface area contributed by atoms with Crippen LogP contribution in [0.25, 0.3) is 10.8 Å². The van der Waals surface area contributed by atoms with Gasteiger partial charge in [0.25, 0.3) is 0 Å². The Balaban J connectivity index is 1.79. The molecule has 6 nitrogen and oxygen atoms in total. The van der Waals surface area contributed by atoms with Gasteiger partial charge in [0.1, 0.15) is 0 Å². The maximum Gasteiger partial charge on any atom is 0.243 e. The van der Waals surface area contributed by atoms with Gasteiger partial charge in [-0.25, -0.2) is 0 Å². The van der Waals surface area contributed by atoms with Gasteiger partial charge in [-0.05, 0) is 34.9 Å². The van der Waals surface area contributed by atoms with E-state index in [9.17, 15) is 14.4 Å². The predicted octanol–water partition coefficient (Wildman–Crippen LogP) is 2.17. The molecule has 1 heterocycles. The van der Waals surface area contributed by atoms with Crippen molar-refractivity contribution in [1.82, 2.24) is 15.5 Å². The Bertz CT molecular complexity index is 909. The molecule has 1 aliphatic heterocycles. The number of rotatable bonds is 6. The summed E-state index contributed by atoms with van der Waals surface area (Å²) in [6.07, 6.45) is 2.13. The molecule has 3 rings (SSSR count). The van der Waals surface area contributed by atoms with Crippen molar-refractivity contribution in [2.75, 3.05) is 20.1 Å². The second-order valence-electron chi connectivity index (χ2n) is 7.13. The fourth-order valence-electron chi connectivity index (χ4n) is 3.47. The lowest BCUT2D eigenvalue weighted by Crippen LogP contribution is -2.46. The van der Waals surface area contributed by atoms with Crippen LogP contribution in [0.4, 0.5) is 0 Å².